The third kappa shape index (κ3) is 5.28. The first-order chi connectivity index (χ1) is 4.81. The second-order valence-corrected chi connectivity index (χ2v) is 2.07. The molecular weight excluding hydrogens is 130 g/mol. The van der Waals surface area contributed by atoms with Crippen LogP contribution in [-0.2, 0) is 9.59 Å². The van der Waals surface area contributed by atoms with Crippen molar-refractivity contribution in [2.24, 2.45) is 0 Å². The molecule has 0 aromatic heterocycles. The third-order valence-corrected chi connectivity index (χ3v) is 1.16. The minimum absolute atomic E-state index is 0.585. The van der Waals surface area contributed by atoms with E-state index in [0.29, 0.717) is 6.54 Å². The summed E-state index contributed by atoms with van der Waals surface area (Å²) < 4.78 is 0. The summed E-state index contributed by atoms with van der Waals surface area (Å²) in [5.41, 5.74) is 0. The Morgan fingerprint density at radius 1 is 1.50 bits per heavy atom. The quantitative estimate of drug-likeness (QED) is 0.446. The minimum atomic E-state index is -0.642. The van der Waals surface area contributed by atoms with Crippen molar-refractivity contribution in [1.29, 1.82) is 0 Å². The Bertz CT molecular complexity index is 112. The first-order valence-electron chi connectivity index (χ1n) is 3.47. The Kier molecular flexibility index (Phi) is 5.72. The molecule has 0 atom stereocenters. The van der Waals surface area contributed by atoms with E-state index in [4.69, 9.17) is 0 Å². The summed E-state index contributed by atoms with van der Waals surface area (Å²) in [6.45, 7) is 2.66. The van der Waals surface area contributed by atoms with Gasteiger partial charge in [0.1, 0.15) is 0 Å². The lowest BCUT2D eigenvalue weighted by molar-refractivity contribution is -0.114. The van der Waals surface area contributed by atoms with E-state index in [1.165, 1.54) is 6.29 Å². The van der Waals surface area contributed by atoms with Gasteiger partial charge < -0.3 is 5.32 Å². The molecule has 0 unspecified atom stereocenters. The Balaban J connectivity index is 3.03. The van der Waals surface area contributed by atoms with E-state index in [0.717, 1.165) is 19.3 Å². The van der Waals surface area contributed by atoms with Gasteiger partial charge in [0.15, 0.2) is 0 Å². The van der Waals surface area contributed by atoms with Crippen LogP contribution in [0.5, 0.6) is 0 Å². The Labute approximate surface area is 60.8 Å². The summed E-state index contributed by atoms with van der Waals surface area (Å²) >= 11 is 0. The maximum absolute atomic E-state index is 10.2. The highest BCUT2D eigenvalue weighted by atomic mass is 16.2. The molecule has 3 nitrogen and oxygen atoms in total. The molecule has 0 aromatic rings. The van der Waals surface area contributed by atoms with Gasteiger partial charge in [0.25, 0.3) is 12.2 Å². The van der Waals surface area contributed by atoms with Crippen molar-refractivity contribution in [3.05, 3.63) is 0 Å². The molecule has 0 bridgehead atoms. The largest absolute Gasteiger partial charge is 0.349 e. The lowest BCUT2D eigenvalue weighted by Gasteiger charge is -1.97. The van der Waals surface area contributed by atoms with Crippen LogP contribution in [0.1, 0.15) is 26.2 Å². The molecule has 0 aliphatic heterocycles. The lowest BCUT2D eigenvalue weighted by atomic mass is 10.2. The van der Waals surface area contributed by atoms with Gasteiger partial charge in [-0.25, -0.2) is 0 Å². The highest BCUT2D eigenvalue weighted by Gasteiger charge is 1.95. The van der Waals surface area contributed by atoms with E-state index in [2.05, 4.69) is 12.2 Å². The summed E-state index contributed by atoms with van der Waals surface area (Å²) in [5, 5.41) is 2.40. The van der Waals surface area contributed by atoms with Crippen LogP contribution < -0.4 is 5.32 Å². The van der Waals surface area contributed by atoms with Crippen molar-refractivity contribution in [1.82, 2.24) is 5.32 Å². The van der Waals surface area contributed by atoms with Crippen molar-refractivity contribution in [3.63, 3.8) is 0 Å². The monoisotopic (exact) mass is 142 g/mol. The van der Waals surface area contributed by atoms with Crippen molar-refractivity contribution >= 4 is 12.2 Å². The number of nitrogens with one attached hydrogen (secondary N) is 1. The van der Waals surface area contributed by atoms with E-state index < -0.39 is 5.91 Å². The second-order valence-electron chi connectivity index (χ2n) is 2.07. The minimum Gasteiger partial charge on any atom is -0.349 e. The fraction of sp³-hybridized carbons (Fsp3) is 0.714. The molecular formula is C7H12NO2. The summed E-state index contributed by atoms with van der Waals surface area (Å²) in [4.78, 5) is 19.9. The van der Waals surface area contributed by atoms with Crippen LogP contribution in [0.15, 0.2) is 0 Å². The molecule has 57 valence electrons. The predicted octanol–water partition coefficient (Wildman–Crippen LogP) is 0.402. The third-order valence-electron chi connectivity index (χ3n) is 1.16. The second kappa shape index (κ2) is 6.26. The van der Waals surface area contributed by atoms with E-state index in [1.54, 1.807) is 0 Å². The number of hydrogen-bond donors (Lipinski definition) is 1. The zero-order valence-corrected chi connectivity index (χ0v) is 6.14. The summed E-state index contributed by atoms with van der Waals surface area (Å²) in [6, 6.07) is 0. The van der Waals surface area contributed by atoms with Crippen LogP contribution >= 0.6 is 0 Å². The molecule has 0 rings (SSSR count). The molecule has 3 heteroatoms. The SMILES string of the molecule is CCCCCNC(=O)[C]=O. The first kappa shape index (κ1) is 9.14. The average Bonchev–Trinajstić information content (AvgIpc) is 1.98. The van der Waals surface area contributed by atoms with Crippen molar-refractivity contribution in [2.75, 3.05) is 6.54 Å². The smallest absolute Gasteiger partial charge is 0.296 e. The standard InChI is InChI=1S/C7H12NO2/c1-2-3-4-5-8-7(10)6-9/h2-5H2,1H3,(H,8,10). The molecule has 0 saturated heterocycles. The van der Waals surface area contributed by atoms with Crippen LogP contribution in [0.4, 0.5) is 0 Å². The highest BCUT2D eigenvalue weighted by molar-refractivity contribution is 6.23. The van der Waals surface area contributed by atoms with Gasteiger partial charge in [0, 0.05) is 6.54 Å². The fourth-order valence-electron chi connectivity index (χ4n) is 0.613. The average molecular weight is 142 g/mol. The van der Waals surface area contributed by atoms with Gasteiger partial charge in [-0.15, -0.1) is 0 Å². The maximum atomic E-state index is 10.2. The van der Waals surface area contributed by atoms with E-state index >= 15 is 0 Å². The zero-order valence-electron chi connectivity index (χ0n) is 6.14. The van der Waals surface area contributed by atoms with Crippen LogP contribution in [-0.4, -0.2) is 18.7 Å². The number of carbonyl (C=O) groups excluding carboxylic acids is 2. The van der Waals surface area contributed by atoms with Crippen LogP contribution in [0.2, 0.25) is 0 Å². The van der Waals surface area contributed by atoms with Gasteiger partial charge in [-0.2, -0.15) is 0 Å². The lowest BCUT2D eigenvalue weighted by Crippen LogP contribution is -2.24. The first-order valence-corrected chi connectivity index (χ1v) is 3.47. The number of amides is 1. The molecule has 0 saturated carbocycles. The van der Waals surface area contributed by atoms with Gasteiger partial charge in [-0.1, -0.05) is 19.8 Å². The van der Waals surface area contributed by atoms with Gasteiger partial charge >= 0.3 is 0 Å². The van der Waals surface area contributed by atoms with Gasteiger partial charge in [-0.3, -0.25) is 9.59 Å². The van der Waals surface area contributed by atoms with Gasteiger partial charge in [-0.05, 0) is 6.42 Å². The van der Waals surface area contributed by atoms with E-state index in [1.807, 2.05) is 0 Å². The van der Waals surface area contributed by atoms with Crippen LogP contribution in [0, 0.1) is 0 Å². The predicted molar refractivity (Wildman–Crippen MR) is 38.2 cm³/mol. The van der Waals surface area contributed by atoms with Crippen LogP contribution in [0.25, 0.3) is 0 Å². The Morgan fingerprint density at radius 3 is 2.70 bits per heavy atom. The molecule has 0 spiro atoms. The molecule has 0 fully saturated rings. The normalized spacial score (nSPS) is 8.90. The molecule has 0 aromatic carbocycles. The van der Waals surface area contributed by atoms with E-state index in [-0.39, 0.29) is 0 Å². The molecule has 10 heavy (non-hydrogen) atoms. The summed E-state index contributed by atoms with van der Waals surface area (Å²) in [7, 11) is 0. The molecule has 0 heterocycles. The van der Waals surface area contributed by atoms with Crippen LogP contribution in [0.3, 0.4) is 0 Å². The number of hydrogen-bond acceptors (Lipinski definition) is 2. The molecule has 1 radical (unpaired) electrons. The number of unbranched alkanes of at least 4 members (excludes halogenated alkanes) is 2. The van der Waals surface area contributed by atoms with Gasteiger partial charge in [0.05, 0.1) is 0 Å². The van der Waals surface area contributed by atoms with E-state index in [9.17, 15) is 9.59 Å². The summed E-state index contributed by atoms with van der Waals surface area (Å²) in [6.07, 6.45) is 4.37. The topological polar surface area (TPSA) is 46.2 Å². The Morgan fingerprint density at radius 2 is 2.20 bits per heavy atom. The van der Waals surface area contributed by atoms with Gasteiger partial charge in [0.2, 0.25) is 0 Å². The molecule has 1 amide bonds. The van der Waals surface area contributed by atoms with Crippen molar-refractivity contribution < 1.29 is 9.59 Å². The number of rotatable bonds is 5. The zero-order chi connectivity index (χ0) is 7.82. The fourth-order valence-corrected chi connectivity index (χ4v) is 0.613. The number of carbonyl (C=O) groups is 1. The van der Waals surface area contributed by atoms with Crippen molar-refractivity contribution in [3.8, 4) is 0 Å². The highest BCUT2D eigenvalue weighted by Crippen LogP contribution is 1.90. The van der Waals surface area contributed by atoms with Crippen molar-refractivity contribution in [2.45, 2.75) is 26.2 Å². The Hall–Kier alpha value is -0.860. The summed E-state index contributed by atoms with van der Waals surface area (Å²) in [5.74, 6) is -0.642. The maximum Gasteiger partial charge on any atom is 0.296 e. The molecule has 0 aliphatic carbocycles. The molecule has 1 N–H and O–H groups in total. The molecule has 0 aliphatic rings.